The number of anilines is 1. The summed E-state index contributed by atoms with van der Waals surface area (Å²) in [5.41, 5.74) is 2.00. The standard InChI is InChI=1S/C21H22ClN3O3/c1-23-21-24-20(25-28-21)16(11-14-5-9-19(27-2)10-6-14)13-18(26)12-15-3-7-17(22)8-4-15/h3-10,16H,11-13H2,1-2H3,(H,23,24,25)/t16-/m1/s1. The van der Waals surface area contributed by atoms with E-state index in [4.69, 9.17) is 20.9 Å². The number of benzene rings is 2. The Morgan fingerprint density at radius 1 is 1.14 bits per heavy atom. The Kier molecular flexibility index (Phi) is 6.66. The summed E-state index contributed by atoms with van der Waals surface area (Å²) in [5, 5.41) is 7.52. The number of nitrogens with zero attached hydrogens (tertiary/aromatic N) is 2. The van der Waals surface area contributed by atoms with E-state index < -0.39 is 0 Å². The van der Waals surface area contributed by atoms with Gasteiger partial charge in [0, 0.05) is 30.8 Å². The molecule has 0 aliphatic heterocycles. The summed E-state index contributed by atoms with van der Waals surface area (Å²) in [4.78, 5) is 17.0. The van der Waals surface area contributed by atoms with Crippen LogP contribution in [0.4, 0.5) is 6.01 Å². The van der Waals surface area contributed by atoms with Crippen molar-refractivity contribution < 1.29 is 14.1 Å². The molecule has 0 spiro atoms. The molecule has 0 fully saturated rings. The fraction of sp³-hybridized carbons (Fsp3) is 0.286. The highest BCUT2D eigenvalue weighted by atomic mass is 35.5. The van der Waals surface area contributed by atoms with Crippen LogP contribution in [0, 0.1) is 0 Å². The predicted molar refractivity (Wildman–Crippen MR) is 108 cm³/mol. The first-order valence-corrected chi connectivity index (χ1v) is 9.35. The number of ether oxygens (including phenoxy) is 1. The van der Waals surface area contributed by atoms with Crippen LogP contribution in [0.1, 0.15) is 29.3 Å². The second-order valence-electron chi connectivity index (χ2n) is 6.50. The minimum Gasteiger partial charge on any atom is -0.497 e. The number of carbonyl (C=O) groups is 1. The molecule has 0 saturated carbocycles. The van der Waals surface area contributed by atoms with Gasteiger partial charge in [-0.3, -0.25) is 4.79 Å². The molecule has 0 aliphatic rings. The van der Waals surface area contributed by atoms with Crippen LogP contribution < -0.4 is 10.1 Å². The number of nitrogens with one attached hydrogen (secondary N) is 1. The molecule has 0 aliphatic carbocycles. The first-order chi connectivity index (χ1) is 13.6. The van der Waals surface area contributed by atoms with Crippen LogP contribution >= 0.6 is 11.6 Å². The molecule has 1 heterocycles. The van der Waals surface area contributed by atoms with Crippen LogP contribution in [-0.2, 0) is 17.6 Å². The van der Waals surface area contributed by atoms with Gasteiger partial charge in [-0.15, -0.1) is 0 Å². The Balaban J connectivity index is 1.74. The number of aromatic nitrogens is 2. The van der Waals surface area contributed by atoms with Gasteiger partial charge in [-0.05, 0) is 41.8 Å². The molecule has 0 saturated heterocycles. The maximum Gasteiger partial charge on any atom is 0.321 e. The Morgan fingerprint density at radius 3 is 2.43 bits per heavy atom. The highest BCUT2D eigenvalue weighted by Crippen LogP contribution is 2.25. The lowest BCUT2D eigenvalue weighted by Crippen LogP contribution is -2.13. The van der Waals surface area contributed by atoms with Crippen LogP contribution in [0.5, 0.6) is 5.75 Å². The number of rotatable bonds is 9. The van der Waals surface area contributed by atoms with Crippen molar-refractivity contribution in [1.82, 2.24) is 10.1 Å². The molecule has 1 aromatic heterocycles. The van der Waals surface area contributed by atoms with E-state index in [-0.39, 0.29) is 11.7 Å². The second kappa shape index (κ2) is 9.37. The number of ketones is 1. The van der Waals surface area contributed by atoms with Gasteiger partial charge in [0.25, 0.3) is 0 Å². The molecule has 3 aromatic rings. The summed E-state index contributed by atoms with van der Waals surface area (Å²) in [5.74, 6) is 1.23. The predicted octanol–water partition coefficient (Wildman–Crippen LogP) is 4.30. The minimum absolute atomic E-state index is 0.108. The van der Waals surface area contributed by atoms with Crippen molar-refractivity contribution >= 4 is 23.4 Å². The number of hydrogen-bond acceptors (Lipinski definition) is 6. The smallest absolute Gasteiger partial charge is 0.321 e. The average Bonchev–Trinajstić information content (AvgIpc) is 3.19. The Hall–Kier alpha value is -2.86. The first kappa shape index (κ1) is 19.9. The number of carbonyl (C=O) groups excluding carboxylic acids is 1. The van der Waals surface area contributed by atoms with Gasteiger partial charge in [-0.2, -0.15) is 4.98 Å². The van der Waals surface area contributed by atoms with Crippen molar-refractivity contribution in [2.75, 3.05) is 19.5 Å². The van der Waals surface area contributed by atoms with Gasteiger partial charge in [0.2, 0.25) is 0 Å². The molecule has 28 heavy (non-hydrogen) atoms. The molecular weight excluding hydrogens is 378 g/mol. The molecular formula is C21H22ClN3O3. The topological polar surface area (TPSA) is 77.2 Å². The second-order valence-corrected chi connectivity index (χ2v) is 6.94. The number of hydrogen-bond donors (Lipinski definition) is 1. The van der Waals surface area contributed by atoms with Gasteiger partial charge in [-0.1, -0.05) is 41.0 Å². The molecule has 6 nitrogen and oxygen atoms in total. The lowest BCUT2D eigenvalue weighted by atomic mass is 9.91. The SMILES string of the molecule is CNc1nc([C@@H](CC(=O)Cc2ccc(Cl)cc2)Cc2ccc(OC)cc2)no1. The summed E-state index contributed by atoms with van der Waals surface area (Å²) in [6.45, 7) is 0. The van der Waals surface area contributed by atoms with Gasteiger partial charge in [0.1, 0.15) is 11.5 Å². The summed E-state index contributed by atoms with van der Waals surface area (Å²) in [6.07, 6.45) is 1.28. The molecule has 3 rings (SSSR count). The van der Waals surface area contributed by atoms with E-state index in [2.05, 4.69) is 15.5 Å². The lowest BCUT2D eigenvalue weighted by molar-refractivity contribution is -0.118. The maximum atomic E-state index is 12.7. The molecule has 0 amide bonds. The van der Waals surface area contributed by atoms with E-state index in [1.807, 2.05) is 36.4 Å². The molecule has 1 atom stereocenters. The highest BCUT2D eigenvalue weighted by molar-refractivity contribution is 6.30. The third-order valence-electron chi connectivity index (χ3n) is 4.45. The molecule has 0 bridgehead atoms. The minimum atomic E-state index is -0.181. The Morgan fingerprint density at radius 2 is 1.82 bits per heavy atom. The molecule has 2 aromatic carbocycles. The summed E-state index contributed by atoms with van der Waals surface area (Å²) in [6, 6.07) is 15.4. The zero-order valence-electron chi connectivity index (χ0n) is 15.8. The number of Topliss-reactive ketones (excluding diaryl/α,β-unsaturated/α-hetero) is 1. The van der Waals surface area contributed by atoms with Crippen LogP contribution in [0.2, 0.25) is 5.02 Å². The first-order valence-electron chi connectivity index (χ1n) is 8.98. The molecule has 1 N–H and O–H groups in total. The molecule has 0 unspecified atom stereocenters. The van der Waals surface area contributed by atoms with E-state index in [9.17, 15) is 4.79 Å². The van der Waals surface area contributed by atoms with E-state index in [1.165, 1.54) is 0 Å². The van der Waals surface area contributed by atoms with Crippen molar-refractivity contribution in [3.63, 3.8) is 0 Å². The van der Waals surface area contributed by atoms with Crippen molar-refractivity contribution in [3.8, 4) is 5.75 Å². The molecule has 7 heteroatoms. The summed E-state index contributed by atoms with van der Waals surface area (Å²) < 4.78 is 10.4. The van der Waals surface area contributed by atoms with Gasteiger partial charge in [-0.25, -0.2) is 0 Å². The fourth-order valence-electron chi connectivity index (χ4n) is 2.98. The molecule has 146 valence electrons. The van der Waals surface area contributed by atoms with E-state index >= 15 is 0 Å². The summed E-state index contributed by atoms with van der Waals surface area (Å²) in [7, 11) is 3.34. The lowest BCUT2D eigenvalue weighted by Gasteiger charge is -2.13. The van der Waals surface area contributed by atoms with E-state index in [1.54, 1.807) is 26.3 Å². The Labute approximate surface area is 168 Å². The monoisotopic (exact) mass is 399 g/mol. The maximum absolute atomic E-state index is 12.7. The van der Waals surface area contributed by atoms with Crippen LogP contribution in [0.15, 0.2) is 53.1 Å². The zero-order valence-corrected chi connectivity index (χ0v) is 16.6. The molecule has 0 radical (unpaired) electrons. The van der Waals surface area contributed by atoms with Crippen LogP contribution in [-0.4, -0.2) is 30.1 Å². The van der Waals surface area contributed by atoms with Gasteiger partial charge < -0.3 is 14.6 Å². The third kappa shape index (κ3) is 5.33. The van der Waals surface area contributed by atoms with Gasteiger partial charge >= 0.3 is 6.01 Å². The normalized spacial score (nSPS) is 11.8. The van der Waals surface area contributed by atoms with Crippen molar-refractivity contribution in [2.24, 2.45) is 0 Å². The summed E-state index contributed by atoms with van der Waals surface area (Å²) >= 11 is 5.91. The van der Waals surface area contributed by atoms with E-state index in [0.29, 0.717) is 36.1 Å². The number of halogens is 1. The van der Waals surface area contributed by atoms with Crippen LogP contribution in [0.25, 0.3) is 0 Å². The van der Waals surface area contributed by atoms with Crippen molar-refractivity contribution in [3.05, 3.63) is 70.5 Å². The van der Waals surface area contributed by atoms with Crippen LogP contribution in [0.3, 0.4) is 0 Å². The Bertz CT molecular complexity index is 907. The van der Waals surface area contributed by atoms with E-state index in [0.717, 1.165) is 16.9 Å². The fourth-order valence-corrected chi connectivity index (χ4v) is 3.11. The largest absolute Gasteiger partial charge is 0.497 e. The number of methoxy groups -OCH3 is 1. The third-order valence-corrected chi connectivity index (χ3v) is 4.70. The zero-order chi connectivity index (χ0) is 19.9. The van der Waals surface area contributed by atoms with Crippen molar-refractivity contribution in [2.45, 2.75) is 25.2 Å². The van der Waals surface area contributed by atoms with Gasteiger partial charge in [0.05, 0.1) is 7.11 Å². The van der Waals surface area contributed by atoms with Crippen molar-refractivity contribution in [1.29, 1.82) is 0 Å². The highest BCUT2D eigenvalue weighted by Gasteiger charge is 2.22. The van der Waals surface area contributed by atoms with Gasteiger partial charge in [0.15, 0.2) is 5.82 Å². The average molecular weight is 400 g/mol. The quantitative estimate of drug-likeness (QED) is 0.578.